The first-order chi connectivity index (χ1) is 8.24. The number of halogens is 5. The zero-order valence-corrected chi connectivity index (χ0v) is 12.3. The molecule has 0 atom stereocenters. The summed E-state index contributed by atoms with van der Waals surface area (Å²) in [6, 6.07) is 1.36. The molecule has 0 fully saturated rings. The molecule has 0 spiro atoms. The van der Waals surface area contributed by atoms with Crippen molar-refractivity contribution < 1.29 is 13.2 Å². The maximum Gasteiger partial charge on any atom is 0.405 e. The van der Waals surface area contributed by atoms with Crippen LogP contribution < -0.4 is 4.90 Å². The van der Waals surface area contributed by atoms with Crippen molar-refractivity contribution in [2.45, 2.75) is 31.9 Å². The van der Waals surface area contributed by atoms with Gasteiger partial charge >= 0.3 is 6.18 Å². The molecule has 0 saturated heterocycles. The van der Waals surface area contributed by atoms with Crippen molar-refractivity contribution in [3.05, 3.63) is 22.3 Å². The fourth-order valence-corrected chi connectivity index (χ4v) is 2.10. The largest absolute Gasteiger partial charge is 0.405 e. The van der Waals surface area contributed by atoms with Crippen LogP contribution in [0.25, 0.3) is 0 Å². The van der Waals surface area contributed by atoms with Gasteiger partial charge in [0.2, 0.25) is 0 Å². The molecule has 0 aliphatic rings. The molecule has 1 aromatic heterocycles. The van der Waals surface area contributed by atoms with Gasteiger partial charge in [-0.25, -0.2) is 4.98 Å². The molecule has 0 amide bonds. The van der Waals surface area contributed by atoms with Crippen LogP contribution in [0.2, 0.25) is 0 Å². The molecule has 7 heteroatoms. The highest BCUT2D eigenvalue weighted by Crippen LogP contribution is 2.28. The molecule has 2 nitrogen and oxygen atoms in total. The van der Waals surface area contributed by atoms with Crippen molar-refractivity contribution in [3.63, 3.8) is 0 Å². The Hall–Kier alpha value is -0.490. The quantitative estimate of drug-likeness (QED) is 0.754. The first-order valence-electron chi connectivity index (χ1n) is 5.28. The van der Waals surface area contributed by atoms with Crippen LogP contribution in [0.4, 0.5) is 19.0 Å². The topological polar surface area (TPSA) is 16.1 Å². The Morgan fingerprint density at radius 1 is 1.44 bits per heavy atom. The summed E-state index contributed by atoms with van der Waals surface area (Å²) < 4.78 is 38.4. The molecule has 1 heterocycles. The molecule has 18 heavy (non-hydrogen) atoms. The van der Waals surface area contributed by atoms with Crippen LogP contribution in [0.1, 0.15) is 19.4 Å². The van der Waals surface area contributed by atoms with Crippen LogP contribution in [-0.2, 0) is 5.88 Å². The highest BCUT2D eigenvalue weighted by atomic mass is 79.9. The lowest BCUT2D eigenvalue weighted by molar-refractivity contribution is -0.120. The molecular weight excluding hydrogens is 332 g/mol. The minimum atomic E-state index is -4.28. The second-order valence-electron chi connectivity index (χ2n) is 4.11. The monoisotopic (exact) mass is 344 g/mol. The van der Waals surface area contributed by atoms with Crippen LogP contribution in [0.15, 0.2) is 16.7 Å². The Morgan fingerprint density at radius 2 is 2.06 bits per heavy atom. The van der Waals surface area contributed by atoms with Gasteiger partial charge in [0.05, 0.1) is 5.88 Å². The molecule has 0 unspecified atom stereocenters. The molecule has 1 aromatic rings. The van der Waals surface area contributed by atoms with Crippen LogP contribution in [0, 0.1) is 0 Å². The van der Waals surface area contributed by atoms with E-state index in [0.717, 1.165) is 0 Å². The van der Waals surface area contributed by atoms with E-state index < -0.39 is 12.7 Å². The number of anilines is 1. The lowest BCUT2D eigenvalue weighted by Gasteiger charge is -2.30. The number of hydrogen-bond acceptors (Lipinski definition) is 2. The second-order valence-corrected chi connectivity index (χ2v) is 5.29. The summed E-state index contributed by atoms with van der Waals surface area (Å²) in [6.07, 6.45) is -2.81. The highest BCUT2D eigenvalue weighted by molar-refractivity contribution is 9.10. The molecular formula is C11H13BrClF3N2. The summed E-state index contributed by atoms with van der Waals surface area (Å²) in [5.74, 6) is 0.392. The zero-order valence-electron chi connectivity index (χ0n) is 9.93. The number of nitrogens with zero attached hydrogens (tertiary/aromatic N) is 2. The van der Waals surface area contributed by atoms with E-state index in [1.54, 1.807) is 19.9 Å². The number of hydrogen-bond donors (Lipinski definition) is 0. The number of alkyl halides is 4. The SMILES string of the molecule is CC(C)N(CC(F)(F)F)c1ncc(Br)cc1CCl. The van der Waals surface area contributed by atoms with Crippen LogP contribution in [0.3, 0.4) is 0 Å². The van der Waals surface area contributed by atoms with Crippen molar-refractivity contribution in [1.29, 1.82) is 0 Å². The van der Waals surface area contributed by atoms with Gasteiger partial charge in [0.15, 0.2) is 0 Å². The Labute approximate surface area is 117 Å². The van der Waals surface area contributed by atoms with Gasteiger partial charge in [0.1, 0.15) is 12.4 Å². The molecule has 0 radical (unpaired) electrons. The van der Waals surface area contributed by atoms with E-state index in [-0.39, 0.29) is 17.7 Å². The third-order valence-electron chi connectivity index (χ3n) is 2.30. The van der Waals surface area contributed by atoms with Crippen LogP contribution in [0.5, 0.6) is 0 Å². The molecule has 0 bridgehead atoms. The van der Waals surface area contributed by atoms with E-state index in [1.165, 1.54) is 11.1 Å². The summed E-state index contributed by atoms with van der Waals surface area (Å²) in [6.45, 7) is 2.34. The van der Waals surface area contributed by atoms with Gasteiger partial charge in [-0.15, -0.1) is 11.6 Å². The van der Waals surface area contributed by atoms with E-state index >= 15 is 0 Å². The molecule has 102 valence electrons. The van der Waals surface area contributed by atoms with Crippen molar-refractivity contribution in [1.82, 2.24) is 4.98 Å². The van der Waals surface area contributed by atoms with Gasteiger partial charge < -0.3 is 4.90 Å². The molecule has 0 saturated carbocycles. The van der Waals surface area contributed by atoms with Gasteiger partial charge in [0, 0.05) is 22.3 Å². The molecule has 0 aromatic carbocycles. The molecule has 0 N–H and O–H groups in total. The van der Waals surface area contributed by atoms with Gasteiger partial charge in [-0.3, -0.25) is 0 Å². The third-order valence-corrected chi connectivity index (χ3v) is 3.02. The fourth-order valence-electron chi connectivity index (χ4n) is 1.53. The summed E-state index contributed by atoms with van der Waals surface area (Å²) in [5, 5.41) is 0. The predicted molar refractivity (Wildman–Crippen MR) is 70.0 cm³/mol. The zero-order chi connectivity index (χ0) is 13.9. The minimum absolute atomic E-state index is 0.114. The summed E-state index contributed by atoms with van der Waals surface area (Å²) >= 11 is 8.98. The number of rotatable bonds is 4. The maximum atomic E-state index is 12.6. The van der Waals surface area contributed by atoms with Gasteiger partial charge in [-0.05, 0) is 35.8 Å². The maximum absolute atomic E-state index is 12.6. The van der Waals surface area contributed by atoms with E-state index in [0.29, 0.717) is 10.0 Å². The van der Waals surface area contributed by atoms with Crippen LogP contribution in [-0.4, -0.2) is 23.7 Å². The number of pyridine rings is 1. The molecule has 0 aliphatic heterocycles. The standard InChI is InChI=1S/C11H13BrClF3N2/c1-7(2)18(6-11(14,15)16)10-8(4-13)3-9(12)5-17-10/h3,5,7H,4,6H2,1-2H3. The Morgan fingerprint density at radius 3 is 2.50 bits per heavy atom. The lowest BCUT2D eigenvalue weighted by atomic mass is 10.2. The highest BCUT2D eigenvalue weighted by Gasteiger charge is 2.33. The van der Waals surface area contributed by atoms with E-state index in [2.05, 4.69) is 20.9 Å². The normalized spacial score (nSPS) is 12.0. The third kappa shape index (κ3) is 4.31. The van der Waals surface area contributed by atoms with Gasteiger partial charge in [-0.2, -0.15) is 13.2 Å². The Bertz CT molecular complexity index is 410. The van der Waals surface area contributed by atoms with Crippen molar-refractivity contribution >= 4 is 33.3 Å². The first kappa shape index (κ1) is 15.6. The van der Waals surface area contributed by atoms with E-state index in [4.69, 9.17) is 11.6 Å². The molecule has 0 aliphatic carbocycles. The van der Waals surface area contributed by atoms with Crippen molar-refractivity contribution in [2.75, 3.05) is 11.4 Å². The Balaban J connectivity index is 3.13. The number of aromatic nitrogens is 1. The average Bonchev–Trinajstić information content (AvgIpc) is 2.24. The second kappa shape index (κ2) is 6.10. The fraction of sp³-hybridized carbons (Fsp3) is 0.545. The van der Waals surface area contributed by atoms with Crippen LogP contribution >= 0.6 is 27.5 Å². The van der Waals surface area contributed by atoms with E-state index in [9.17, 15) is 13.2 Å². The smallest absolute Gasteiger partial charge is 0.345 e. The minimum Gasteiger partial charge on any atom is -0.345 e. The summed E-state index contributed by atoms with van der Waals surface area (Å²) in [7, 11) is 0. The van der Waals surface area contributed by atoms with E-state index in [1.807, 2.05) is 0 Å². The molecule has 1 rings (SSSR count). The summed E-state index contributed by atoms with van der Waals surface area (Å²) in [5.41, 5.74) is 0.573. The summed E-state index contributed by atoms with van der Waals surface area (Å²) in [4.78, 5) is 5.25. The predicted octanol–water partition coefficient (Wildman–Crippen LogP) is 4.36. The van der Waals surface area contributed by atoms with Crippen molar-refractivity contribution in [2.24, 2.45) is 0 Å². The average molecular weight is 346 g/mol. The van der Waals surface area contributed by atoms with Gasteiger partial charge in [0.25, 0.3) is 0 Å². The first-order valence-corrected chi connectivity index (χ1v) is 6.61. The lowest BCUT2D eigenvalue weighted by Crippen LogP contribution is -2.40. The van der Waals surface area contributed by atoms with Gasteiger partial charge in [-0.1, -0.05) is 0 Å². The van der Waals surface area contributed by atoms with Crippen molar-refractivity contribution in [3.8, 4) is 0 Å². The Kier molecular flexibility index (Phi) is 5.28.